The first-order valence-corrected chi connectivity index (χ1v) is 8.18. The summed E-state index contributed by atoms with van der Waals surface area (Å²) in [6.07, 6.45) is 4.05. The maximum atomic E-state index is 11.2. The number of benzene rings is 1. The Hall–Kier alpha value is -2.96. The fraction of sp³-hybridized carbons (Fsp3) is 0.333. The Labute approximate surface area is 148 Å². The number of carbonyl (C=O) groups excluding carboxylic acids is 1. The fourth-order valence-corrected chi connectivity index (χ4v) is 1.79. The Bertz CT molecular complexity index is 661. The summed E-state index contributed by atoms with van der Waals surface area (Å²) in [5, 5.41) is 10.8. The SMILES string of the molecule is CC.CC.NC(=O)c1cc(OCCc2cccnc2)ccc1[N+](=O)[O-]. The summed E-state index contributed by atoms with van der Waals surface area (Å²) >= 11 is 0. The van der Waals surface area contributed by atoms with Crippen LogP contribution in [0.25, 0.3) is 0 Å². The van der Waals surface area contributed by atoms with Crippen molar-refractivity contribution in [2.24, 2.45) is 5.73 Å². The predicted molar refractivity (Wildman–Crippen MR) is 97.7 cm³/mol. The smallest absolute Gasteiger partial charge is 0.282 e. The maximum Gasteiger partial charge on any atom is 0.282 e. The van der Waals surface area contributed by atoms with Gasteiger partial charge in [0, 0.05) is 24.9 Å². The zero-order valence-corrected chi connectivity index (χ0v) is 15.1. The lowest BCUT2D eigenvalue weighted by Crippen LogP contribution is -2.13. The summed E-state index contributed by atoms with van der Waals surface area (Å²) in [4.78, 5) is 25.3. The normalized spacial score (nSPS) is 8.96. The van der Waals surface area contributed by atoms with Gasteiger partial charge in [0.2, 0.25) is 0 Å². The van der Waals surface area contributed by atoms with Crippen LogP contribution < -0.4 is 10.5 Å². The fourth-order valence-electron chi connectivity index (χ4n) is 1.79. The molecule has 7 heteroatoms. The minimum Gasteiger partial charge on any atom is -0.493 e. The highest BCUT2D eigenvalue weighted by Gasteiger charge is 2.18. The van der Waals surface area contributed by atoms with Gasteiger partial charge in [0.25, 0.3) is 11.6 Å². The van der Waals surface area contributed by atoms with Gasteiger partial charge in [0.15, 0.2) is 0 Å². The van der Waals surface area contributed by atoms with Gasteiger partial charge in [-0.15, -0.1) is 0 Å². The molecule has 0 fully saturated rings. The third-order valence-corrected chi connectivity index (χ3v) is 2.81. The summed E-state index contributed by atoms with van der Waals surface area (Å²) in [6, 6.07) is 7.67. The van der Waals surface area contributed by atoms with Gasteiger partial charge in [-0.25, -0.2) is 0 Å². The quantitative estimate of drug-likeness (QED) is 0.632. The van der Waals surface area contributed by atoms with Crippen molar-refractivity contribution in [1.82, 2.24) is 4.98 Å². The van der Waals surface area contributed by atoms with E-state index in [9.17, 15) is 14.9 Å². The van der Waals surface area contributed by atoms with E-state index in [2.05, 4.69) is 4.98 Å². The van der Waals surface area contributed by atoms with E-state index in [0.717, 1.165) is 5.56 Å². The van der Waals surface area contributed by atoms with Gasteiger partial charge < -0.3 is 10.5 Å². The van der Waals surface area contributed by atoms with Gasteiger partial charge in [0.05, 0.1) is 11.5 Å². The number of hydrogen-bond acceptors (Lipinski definition) is 5. The van der Waals surface area contributed by atoms with Crippen molar-refractivity contribution in [2.75, 3.05) is 6.61 Å². The van der Waals surface area contributed by atoms with Gasteiger partial charge in [-0.3, -0.25) is 19.9 Å². The monoisotopic (exact) mass is 347 g/mol. The highest BCUT2D eigenvalue weighted by atomic mass is 16.6. The number of nitrogens with two attached hydrogens (primary N) is 1. The number of ether oxygens (including phenoxy) is 1. The van der Waals surface area contributed by atoms with Crippen LogP contribution in [0.5, 0.6) is 5.75 Å². The molecule has 0 aliphatic heterocycles. The summed E-state index contributed by atoms with van der Waals surface area (Å²) in [5.41, 5.74) is 5.64. The Balaban J connectivity index is 0.00000134. The second-order valence-corrected chi connectivity index (χ2v) is 4.26. The van der Waals surface area contributed by atoms with E-state index >= 15 is 0 Å². The largest absolute Gasteiger partial charge is 0.493 e. The Morgan fingerprint density at radius 2 is 1.92 bits per heavy atom. The standard InChI is InChI=1S/C14H13N3O4.2C2H6/c15-14(18)12-8-11(3-4-13(12)17(19)20)21-7-5-10-2-1-6-16-9-10;2*1-2/h1-4,6,8-9H,5,7H2,(H2,15,18);2*1-2H3. The molecule has 0 saturated heterocycles. The van der Waals surface area contributed by atoms with Crippen molar-refractivity contribution in [3.05, 3.63) is 64.0 Å². The van der Waals surface area contributed by atoms with E-state index in [0.29, 0.717) is 18.8 Å². The molecular weight excluding hydrogens is 322 g/mol. The van der Waals surface area contributed by atoms with Crippen LogP contribution in [-0.4, -0.2) is 22.4 Å². The van der Waals surface area contributed by atoms with Gasteiger partial charge in [-0.2, -0.15) is 0 Å². The van der Waals surface area contributed by atoms with Crippen molar-refractivity contribution in [3.8, 4) is 5.75 Å². The molecule has 1 amide bonds. The molecular formula is C18H25N3O4. The second-order valence-electron chi connectivity index (χ2n) is 4.26. The molecule has 0 aliphatic rings. The first kappa shape index (κ1) is 22.0. The second kappa shape index (κ2) is 12.5. The highest BCUT2D eigenvalue weighted by molar-refractivity contribution is 5.97. The van der Waals surface area contributed by atoms with Gasteiger partial charge in [-0.05, 0) is 23.8 Å². The third-order valence-electron chi connectivity index (χ3n) is 2.81. The average molecular weight is 347 g/mol. The number of primary amides is 1. The van der Waals surface area contributed by atoms with Gasteiger partial charge in [0.1, 0.15) is 11.3 Å². The number of rotatable bonds is 6. The minimum absolute atomic E-state index is 0.168. The van der Waals surface area contributed by atoms with E-state index in [4.69, 9.17) is 10.5 Å². The molecule has 1 aromatic carbocycles. The first-order chi connectivity index (χ1) is 12.1. The van der Waals surface area contributed by atoms with Gasteiger partial charge >= 0.3 is 0 Å². The number of hydrogen-bond donors (Lipinski definition) is 1. The zero-order valence-electron chi connectivity index (χ0n) is 15.1. The van der Waals surface area contributed by atoms with Crippen LogP contribution in [0.3, 0.4) is 0 Å². The predicted octanol–water partition coefficient (Wildman–Crippen LogP) is 3.76. The maximum absolute atomic E-state index is 11.2. The molecule has 25 heavy (non-hydrogen) atoms. The molecule has 2 aromatic rings. The number of nitro groups is 1. The molecule has 136 valence electrons. The lowest BCUT2D eigenvalue weighted by atomic mass is 10.1. The van der Waals surface area contributed by atoms with E-state index in [1.54, 1.807) is 12.4 Å². The molecule has 1 heterocycles. The summed E-state index contributed by atoms with van der Waals surface area (Å²) in [7, 11) is 0. The highest BCUT2D eigenvalue weighted by Crippen LogP contribution is 2.23. The molecule has 0 unspecified atom stereocenters. The van der Waals surface area contributed by atoms with Crippen LogP contribution in [0.4, 0.5) is 5.69 Å². The summed E-state index contributed by atoms with van der Waals surface area (Å²) in [6.45, 7) is 8.36. The summed E-state index contributed by atoms with van der Waals surface area (Å²) < 4.78 is 5.48. The Morgan fingerprint density at radius 3 is 2.44 bits per heavy atom. The molecule has 2 N–H and O–H groups in total. The first-order valence-electron chi connectivity index (χ1n) is 8.18. The van der Waals surface area contributed by atoms with Crippen molar-refractivity contribution >= 4 is 11.6 Å². The molecule has 1 aromatic heterocycles. The summed E-state index contributed by atoms with van der Waals surface area (Å²) in [5.74, 6) is -0.502. The van der Waals surface area contributed by atoms with Crippen LogP contribution in [0.1, 0.15) is 43.6 Å². The molecule has 0 bridgehead atoms. The topological polar surface area (TPSA) is 108 Å². The van der Waals surface area contributed by atoms with E-state index in [-0.39, 0.29) is 11.3 Å². The van der Waals surface area contributed by atoms with Crippen molar-refractivity contribution in [3.63, 3.8) is 0 Å². The van der Waals surface area contributed by atoms with Crippen LogP contribution >= 0.6 is 0 Å². The molecule has 2 rings (SSSR count). The Morgan fingerprint density at radius 1 is 1.24 bits per heavy atom. The minimum atomic E-state index is -0.862. The van der Waals surface area contributed by atoms with Gasteiger partial charge in [-0.1, -0.05) is 33.8 Å². The number of nitrogens with zero attached hydrogens (tertiary/aromatic N) is 2. The Kier molecular flexibility index (Phi) is 11.0. The number of nitro benzene ring substituents is 1. The third kappa shape index (κ3) is 7.43. The molecule has 0 atom stereocenters. The lowest BCUT2D eigenvalue weighted by Gasteiger charge is -2.07. The van der Waals surface area contributed by atoms with Crippen LogP contribution in [-0.2, 0) is 6.42 Å². The van der Waals surface area contributed by atoms with E-state index in [1.165, 1.54) is 18.2 Å². The zero-order chi connectivity index (χ0) is 19.2. The van der Waals surface area contributed by atoms with Crippen molar-refractivity contribution in [1.29, 1.82) is 0 Å². The number of amides is 1. The average Bonchev–Trinajstić information content (AvgIpc) is 2.65. The van der Waals surface area contributed by atoms with Crippen molar-refractivity contribution < 1.29 is 14.5 Å². The van der Waals surface area contributed by atoms with Crippen LogP contribution in [0.15, 0.2) is 42.7 Å². The van der Waals surface area contributed by atoms with E-state index in [1.807, 2.05) is 39.8 Å². The number of pyridine rings is 1. The van der Waals surface area contributed by atoms with Crippen LogP contribution in [0.2, 0.25) is 0 Å². The molecule has 7 nitrogen and oxygen atoms in total. The lowest BCUT2D eigenvalue weighted by molar-refractivity contribution is -0.385. The molecule has 0 saturated carbocycles. The number of carbonyl (C=O) groups is 1. The van der Waals surface area contributed by atoms with Crippen molar-refractivity contribution in [2.45, 2.75) is 34.1 Å². The molecule has 0 aliphatic carbocycles. The van der Waals surface area contributed by atoms with E-state index < -0.39 is 10.8 Å². The molecule has 0 radical (unpaired) electrons. The van der Waals surface area contributed by atoms with Crippen LogP contribution in [0, 0.1) is 10.1 Å². The molecule has 0 spiro atoms. The number of aromatic nitrogens is 1.